The largest absolute Gasteiger partial charge is 0.406 e. The Morgan fingerprint density at radius 3 is 2.47 bits per heavy atom. The fourth-order valence-corrected chi connectivity index (χ4v) is 1.35. The van der Waals surface area contributed by atoms with Crippen molar-refractivity contribution in [3.05, 3.63) is 35.6 Å². The van der Waals surface area contributed by atoms with Crippen molar-refractivity contribution >= 4 is 5.91 Å². The summed E-state index contributed by atoms with van der Waals surface area (Å²) in [5, 5.41) is 0. The smallest absolute Gasteiger partial charge is 0.330 e. The zero-order valence-corrected chi connectivity index (χ0v) is 9.09. The topological polar surface area (TPSA) is 20.3 Å². The minimum absolute atomic E-state index is 0.0869. The number of rotatable bonds is 3. The van der Waals surface area contributed by atoms with Crippen molar-refractivity contribution in [1.29, 1.82) is 0 Å². The first-order valence-corrected chi connectivity index (χ1v) is 4.95. The summed E-state index contributed by atoms with van der Waals surface area (Å²) in [5.41, 5.74) is -0.0869. The van der Waals surface area contributed by atoms with Gasteiger partial charge in [0.15, 0.2) is 0 Å². The van der Waals surface area contributed by atoms with Gasteiger partial charge in [-0.1, -0.05) is 6.07 Å². The van der Waals surface area contributed by atoms with Crippen molar-refractivity contribution in [2.45, 2.75) is 13.1 Å². The van der Waals surface area contributed by atoms with Crippen molar-refractivity contribution in [2.75, 3.05) is 13.1 Å². The van der Waals surface area contributed by atoms with Crippen molar-refractivity contribution in [3.8, 4) is 0 Å². The second kappa shape index (κ2) is 5.16. The predicted molar refractivity (Wildman–Crippen MR) is 54.0 cm³/mol. The summed E-state index contributed by atoms with van der Waals surface area (Å²) >= 11 is 0. The van der Waals surface area contributed by atoms with Gasteiger partial charge >= 0.3 is 6.18 Å². The van der Waals surface area contributed by atoms with E-state index in [0.717, 1.165) is 12.1 Å². The number of halogens is 4. The van der Waals surface area contributed by atoms with Crippen LogP contribution in [-0.2, 0) is 0 Å². The Morgan fingerprint density at radius 2 is 2.00 bits per heavy atom. The predicted octanol–water partition coefficient (Wildman–Crippen LogP) is 2.85. The Labute approximate surface area is 95.8 Å². The van der Waals surface area contributed by atoms with Crippen molar-refractivity contribution in [3.63, 3.8) is 0 Å². The van der Waals surface area contributed by atoms with Gasteiger partial charge in [-0.3, -0.25) is 4.79 Å². The minimum atomic E-state index is -4.46. The summed E-state index contributed by atoms with van der Waals surface area (Å²) in [7, 11) is 0. The first kappa shape index (κ1) is 13.5. The summed E-state index contributed by atoms with van der Waals surface area (Å²) < 4.78 is 49.4. The highest BCUT2D eigenvalue weighted by atomic mass is 19.4. The normalized spacial score (nSPS) is 11.4. The SMILES string of the molecule is CCN(CC(F)(F)F)C(=O)c1cccc(F)c1. The van der Waals surface area contributed by atoms with Gasteiger partial charge in [0.1, 0.15) is 12.4 Å². The van der Waals surface area contributed by atoms with Gasteiger partial charge in [0.2, 0.25) is 0 Å². The van der Waals surface area contributed by atoms with Gasteiger partial charge < -0.3 is 4.90 Å². The van der Waals surface area contributed by atoms with Crippen LogP contribution in [0.2, 0.25) is 0 Å². The molecule has 0 bridgehead atoms. The van der Waals surface area contributed by atoms with E-state index in [1.807, 2.05) is 0 Å². The number of amides is 1. The average molecular weight is 249 g/mol. The molecule has 0 saturated heterocycles. The quantitative estimate of drug-likeness (QED) is 0.754. The number of benzene rings is 1. The van der Waals surface area contributed by atoms with E-state index in [1.165, 1.54) is 19.1 Å². The molecule has 0 spiro atoms. The van der Waals surface area contributed by atoms with Crippen molar-refractivity contribution in [2.24, 2.45) is 0 Å². The molecule has 17 heavy (non-hydrogen) atoms. The van der Waals surface area contributed by atoms with Gasteiger partial charge in [0.25, 0.3) is 5.91 Å². The third kappa shape index (κ3) is 4.05. The highest BCUT2D eigenvalue weighted by Crippen LogP contribution is 2.18. The summed E-state index contributed by atoms with van der Waals surface area (Å²) in [4.78, 5) is 12.3. The molecular formula is C11H11F4NO. The first-order valence-electron chi connectivity index (χ1n) is 4.95. The molecule has 1 rings (SSSR count). The van der Waals surface area contributed by atoms with Gasteiger partial charge in [-0.05, 0) is 25.1 Å². The summed E-state index contributed by atoms with van der Waals surface area (Å²) in [6, 6.07) is 4.60. The zero-order valence-electron chi connectivity index (χ0n) is 9.09. The van der Waals surface area contributed by atoms with E-state index < -0.39 is 24.4 Å². The van der Waals surface area contributed by atoms with Crippen molar-refractivity contribution < 1.29 is 22.4 Å². The number of hydrogen-bond donors (Lipinski definition) is 0. The molecule has 2 nitrogen and oxygen atoms in total. The summed E-state index contributed by atoms with van der Waals surface area (Å²) in [5.74, 6) is -1.48. The van der Waals surface area contributed by atoms with Crippen LogP contribution in [0, 0.1) is 5.82 Å². The maximum atomic E-state index is 12.8. The lowest BCUT2D eigenvalue weighted by molar-refractivity contribution is -0.140. The molecular weight excluding hydrogens is 238 g/mol. The second-order valence-corrected chi connectivity index (χ2v) is 3.44. The van der Waals surface area contributed by atoms with Crippen LogP contribution in [0.4, 0.5) is 17.6 Å². The fourth-order valence-electron chi connectivity index (χ4n) is 1.35. The summed E-state index contributed by atoms with van der Waals surface area (Å²) in [6.45, 7) is 0.0106. The standard InChI is InChI=1S/C11H11F4NO/c1-2-16(7-11(13,14)15)10(17)8-4-3-5-9(12)6-8/h3-6H,2,7H2,1H3. The monoisotopic (exact) mass is 249 g/mol. The van der Waals surface area contributed by atoms with Crippen LogP contribution in [0.5, 0.6) is 0 Å². The third-order valence-electron chi connectivity index (χ3n) is 2.11. The summed E-state index contributed by atoms with van der Waals surface area (Å²) in [6.07, 6.45) is -4.46. The molecule has 0 atom stereocenters. The molecule has 0 radical (unpaired) electrons. The van der Waals surface area contributed by atoms with E-state index in [-0.39, 0.29) is 12.1 Å². The number of nitrogens with zero attached hydrogens (tertiary/aromatic N) is 1. The molecule has 0 N–H and O–H groups in total. The van der Waals surface area contributed by atoms with Gasteiger partial charge in [-0.2, -0.15) is 13.2 Å². The molecule has 1 aromatic rings. The van der Waals surface area contributed by atoms with Crippen LogP contribution >= 0.6 is 0 Å². The molecule has 0 fully saturated rings. The fraction of sp³-hybridized carbons (Fsp3) is 0.364. The lowest BCUT2D eigenvalue weighted by Crippen LogP contribution is -2.38. The molecule has 1 amide bonds. The molecule has 0 aliphatic heterocycles. The van der Waals surface area contributed by atoms with E-state index in [2.05, 4.69) is 0 Å². The Bertz CT molecular complexity index is 403. The van der Waals surface area contributed by atoms with Gasteiger partial charge in [0.05, 0.1) is 0 Å². The van der Waals surface area contributed by atoms with E-state index in [9.17, 15) is 22.4 Å². The maximum Gasteiger partial charge on any atom is 0.406 e. The first-order chi connectivity index (χ1) is 7.83. The molecule has 0 aliphatic carbocycles. The van der Waals surface area contributed by atoms with Crippen molar-refractivity contribution in [1.82, 2.24) is 4.90 Å². The maximum absolute atomic E-state index is 12.8. The Hall–Kier alpha value is -1.59. The van der Waals surface area contributed by atoms with Crippen LogP contribution in [0.25, 0.3) is 0 Å². The zero-order chi connectivity index (χ0) is 13.1. The van der Waals surface area contributed by atoms with Crippen LogP contribution in [0.15, 0.2) is 24.3 Å². The van der Waals surface area contributed by atoms with Crippen LogP contribution < -0.4 is 0 Å². The highest BCUT2D eigenvalue weighted by molar-refractivity contribution is 5.94. The number of hydrogen-bond acceptors (Lipinski definition) is 1. The highest BCUT2D eigenvalue weighted by Gasteiger charge is 2.32. The lowest BCUT2D eigenvalue weighted by Gasteiger charge is -2.22. The molecule has 0 unspecified atom stereocenters. The van der Waals surface area contributed by atoms with E-state index in [0.29, 0.717) is 4.90 Å². The van der Waals surface area contributed by atoms with Gasteiger partial charge in [-0.25, -0.2) is 4.39 Å². The Balaban J connectivity index is 2.87. The minimum Gasteiger partial charge on any atom is -0.330 e. The molecule has 0 heterocycles. The number of alkyl halides is 3. The Kier molecular flexibility index (Phi) is 4.09. The van der Waals surface area contributed by atoms with Crippen LogP contribution in [0.3, 0.4) is 0 Å². The molecule has 0 saturated carbocycles. The van der Waals surface area contributed by atoms with Gasteiger partial charge in [-0.15, -0.1) is 0 Å². The van der Waals surface area contributed by atoms with Gasteiger partial charge in [0, 0.05) is 12.1 Å². The van der Waals surface area contributed by atoms with E-state index in [4.69, 9.17) is 0 Å². The third-order valence-corrected chi connectivity index (χ3v) is 2.11. The number of carbonyl (C=O) groups excluding carboxylic acids is 1. The Morgan fingerprint density at radius 1 is 1.35 bits per heavy atom. The van der Waals surface area contributed by atoms with E-state index >= 15 is 0 Å². The molecule has 0 aliphatic rings. The van der Waals surface area contributed by atoms with E-state index in [1.54, 1.807) is 0 Å². The average Bonchev–Trinajstić information content (AvgIpc) is 2.23. The number of carbonyl (C=O) groups is 1. The van der Waals surface area contributed by atoms with Crippen LogP contribution in [-0.4, -0.2) is 30.1 Å². The second-order valence-electron chi connectivity index (χ2n) is 3.44. The molecule has 1 aromatic carbocycles. The lowest BCUT2D eigenvalue weighted by atomic mass is 10.2. The molecule has 6 heteroatoms. The molecule has 0 aromatic heterocycles. The molecule has 94 valence electrons. The van der Waals surface area contributed by atoms with Crippen LogP contribution in [0.1, 0.15) is 17.3 Å².